The Kier molecular flexibility index (Phi) is 2.54. The molecule has 0 spiro atoms. The monoisotopic (exact) mass is 245 g/mol. The zero-order valence-corrected chi connectivity index (χ0v) is 10.5. The van der Waals surface area contributed by atoms with Crippen LogP contribution in [0.15, 0.2) is 18.2 Å². The van der Waals surface area contributed by atoms with Crippen molar-refractivity contribution in [2.24, 2.45) is 18.9 Å². The Balaban J connectivity index is 1.76. The summed E-state index contributed by atoms with van der Waals surface area (Å²) in [6.45, 7) is 2.70. The molecule has 0 bridgehead atoms. The zero-order valence-electron chi connectivity index (χ0n) is 10.5. The first-order valence-corrected chi connectivity index (χ1v) is 6.11. The van der Waals surface area contributed by atoms with Crippen molar-refractivity contribution in [3.63, 3.8) is 0 Å². The van der Waals surface area contributed by atoms with Crippen molar-refractivity contribution >= 4 is 17.0 Å². The highest BCUT2D eigenvalue weighted by Crippen LogP contribution is 2.37. The predicted molar refractivity (Wildman–Crippen MR) is 66.1 cm³/mol. The maximum absolute atomic E-state index is 11.9. The van der Waals surface area contributed by atoms with Crippen molar-refractivity contribution in [2.45, 2.75) is 13.3 Å². The molecule has 18 heavy (non-hydrogen) atoms. The van der Waals surface area contributed by atoms with Crippen LogP contribution in [0.4, 0.5) is 0 Å². The highest BCUT2D eigenvalue weighted by atomic mass is 16.5. The van der Waals surface area contributed by atoms with Gasteiger partial charge in [0.1, 0.15) is 5.52 Å². The van der Waals surface area contributed by atoms with Crippen LogP contribution in [-0.2, 0) is 11.8 Å². The summed E-state index contributed by atoms with van der Waals surface area (Å²) in [5.41, 5.74) is 2.18. The summed E-state index contributed by atoms with van der Waals surface area (Å²) in [6, 6.07) is 5.29. The van der Waals surface area contributed by atoms with Gasteiger partial charge in [-0.3, -0.25) is 0 Å². The molecular weight excluding hydrogens is 230 g/mol. The van der Waals surface area contributed by atoms with E-state index >= 15 is 0 Å². The van der Waals surface area contributed by atoms with E-state index in [4.69, 9.17) is 4.74 Å². The largest absolute Gasteiger partial charge is 0.462 e. The molecule has 1 aromatic carbocycles. The number of benzene rings is 1. The molecule has 0 radical (unpaired) electrons. The molecular formula is C13H15N3O2. The van der Waals surface area contributed by atoms with Crippen LogP contribution in [0.2, 0.25) is 0 Å². The molecule has 0 unspecified atom stereocenters. The van der Waals surface area contributed by atoms with Gasteiger partial charge in [0.2, 0.25) is 0 Å². The van der Waals surface area contributed by atoms with Crippen molar-refractivity contribution in [3.8, 4) is 0 Å². The molecule has 94 valence electrons. The molecule has 2 atom stereocenters. The van der Waals surface area contributed by atoms with Crippen LogP contribution >= 0.6 is 0 Å². The lowest BCUT2D eigenvalue weighted by atomic mass is 10.2. The quantitative estimate of drug-likeness (QED) is 0.773. The molecule has 0 N–H and O–H groups in total. The van der Waals surface area contributed by atoms with Gasteiger partial charge in [0.05, 0.1) is 17.7 Å². The van der Waals surface area contributed by atoms with Gasteiger partial charge in [-0.05, 0) is 36.5 Å². The first-order valence-electron chi connectivity index (χ1n) is 6.11. The van der Waals surface area contributed by atoms with E-state index in [1.165, 1.54) is 0 Å². The second-order valence-corrected chi connectivity index (χ2v) is 4.99. The van der Waals surface area contributed by atoms with Gasteiger partial charge in [0, 0.05) is 7.05 Å². The van der Waals surface area contributed by atoms with E-state index in [1.54, 1.807) is 29.9 Å². The summed E-state index contributed by atoms with van der Waals surface area (Å²) in [6.07, 6.45) is 1.16. The minimum Gasteiger partial charge on any atom is -0.462 e. The van der Waals surface area contributed by atoms with Gasteiger partial charge >= 0.3 is 5.97 Å². The number of rotatable bonds is 3. The minimum absolute atomic E-state index is 0.266. The highest BCUT2D eigenvalue weighted by Gasteiger charge is 2.33. The SMILES string of the molecule is C[C@@H]1C[C@H]1COC(=O)c1ccc2nnn(C)c2c1. The summed E-state index contributed by atoms with van der Waals surface area (Å²) >= 11 is 0. The molecule has 1 saturated carbocycles. The van der Waals surface area contributed by atoms with E-state index < -0.39 is 0 Å². The van der Waals surface area contributed by atoms with Gasteiger partial charge in [-0.2, -0.15) is 0 Å². The number of aromatic nitrogens is 3. The van der Waals surface area contributed by atoms with Gasteiger partial charge in [0.15, 0.2) is 0 Å². The third-order valence-electron chi connectivity index (χ3n) is 3.55. The number of carbonyl (C=O) groups is 1. The second kappa shape index (κ2) is 4.08. The Morgan fingerprint density at radius 3 is 3.06 bits per heavy atom. The summed E-state index contributed by atoms with van der Waals surface area (Å²) < 4.78 is 6.95. The fraction of sp³-hybridized carbons (Fsp3) is 0.462. The van der Waals surface area contributed by atoms with Gasteiger partial charge in [-0.25, -0.2) is 9.48 Å². The molecule has 0 amide bonds. The van der Waals surface area contributed by atoms with E-state index in [2.05, 4.69) is 17.2 Å². The van der Waals surface area contributed by atoms with Crippen LogP contribution in [0.1, 0.15) is 23.7 Å². The first-order chi connectivity index (χ1) is 8.65. The number of carbonyl (C=O) groups excluding carboxylic acids is 1. The minimum atomic E-state index is -0.266. The Morgan fingerprint density at radius 1 is 1.56 bits per heavy atom. The Morgan fingerprint density at radius 2 is 2.33 bits per heavy atom. The number of hydrogen-bond acceptors (Lipinski definition) is 4. The summed E-state index contributed by atoms with van der Waals surface area (Å²) in [4.78, 5) is 11.9. The number of hydrogen-bond donors (Lipinski definition) is 0. The number of esters is 1. The van der Waals surface area contributed by atoms with Crippen molar-refractivity contribution in [2.75, 3.05) is 6.61 Å². The van der Waals surface area contributed by atoms with Gasteiger partial charge < -0.3 is 4.74 Å². The average molecular weight is 245 g/mol. The number of ether oxygens (including phenoxy) is 1. The van der Waals surface area contributed by atoms with Crippen LogP contribution in [0.25, 0.3) is 11.0 Å². The van der Waals surface area contributed by atoms with Crippen LogP contribution in [0.5, 0.6) is 0 Å². The molecule has 5 nitrogen and oxygen atoms in total. The first kappa shape index (κ1) is 11.2. The number of nitrogens with zero attached hydrogens (tertiary/aromatic N) is 3. The van der Waals surface area contributed by atoms with Crippen LogP contribution in [0.3, 0.4) is 0 Å². The lowest BCUT2D eigenvalue weighted by Crippen LogP contribution is -2.08. The molecule has 1 fully saturated rings. The van der Waals surface area contributed by atoms with Crippen molar-refractivity contribution in [1.82, 2.24) is 15.0 Å². The Labute approximate surface area is 105 Å². The van der Waals surface area contributed by atoms with Crippen molar-refractivity contribution in [3.05, 3.63) is 23.8 Å². The van der Waals surface area contributed by atoms with E-state index in [1.807, 2.05) is 0 Å². The van der Waals surface area contributed by atoms with E-state index in [0.717, 1.165) is 17.5 Å². The second-order valence-electron chi connectivity index (χ2n) is 4.99. The molecule has 1 aliphatic rings. The Bertz CT molecular complexity index is 605. The van der Waals surface area contributed by atoms with Crippen LogP contribution in [0, 0.1) is 11.8 Å². The lowest BCUT2D eigenvalue weighted by molar-refractivity contribution is 0.0481. The molecule has 1 heterocycles. The number of fused-ring (bicyclic) bond motifs is 1. The van der Waals surface area contributed by atoms with Crippen molar-refractivity contribution < 1.29 is 9.53 Å². The average Bonchev–Trinajstić information content (AvgIpc) is 2.96. The maximum Gasteiger partial charge on any atom is 0.338 e. The van der Waals surface area contributed by atoms with E-state index in [-0.39, 0.29) is 5.97 Å². The van der Waals surface area contributed by atoms with E-state index in [0.29, 0.717) is 24.0 Å². The Hall–Kier alpha value is -1.91. The summed E-state index contributed by atoms with van der Waals surface area (Å²) in [5, 5.41) is 7.88. The number of aryl methyl sites for hydroxylation is 1. The van der Waals surface area contributed by atoms with Crippen LogP contribution in [-0.4, -0.2) is 27.6 Å². The molecule has 0 saturated heterocycles. The van der Waals surface area contributed by atoms with Crippen LogP contribution < -0.4 is 0 Å². The molecule has 1 aliphatic carbocycles. The maximum atomic E-state index is 11.9. The fourth-order valence-corrected chi connectivity index (χ4v) is 2.05. The smallest absolute Gasteiger partial charge is 0.338 e. The topological polar surface area (TPSA) is 57.0 Å². The predicted octanol–water partition coefficient (Wildman–Crippen LogP) is 1.78. The normalized spacial score (nSPS) is 22.1. The van der Waals surface area contributed by atoms with Gasteiger partial charge in [-0.1, -0.05) is 12.1 Å². The van der Waals surface area contributed by atoms with Crippen molar-refractivity contribution in [1.29, 1.82) is 0 Å². The summed E-state index contributed by atoms with van der Waals surface area (Å²) in [5.74, 6) is 0.981. The summed E-state index contributed by atoms with van der Waals surface area (Å²) in [7, 11) is 1.80. The fourth-order valence-electron chi connectivity index (χ4n) is 2.05. The molecule has 5 heteroatoms. The molecule has 3 rings (SSSR count). The van der Waals surface area contributed by atoms with E-state index in [9.17, 15) is 4.79 Å². The third kappa shape index (κ3) is 1.96. The lowest BCUT2D eigenvalue weighted by Gasteiger charge is -2.04. The highest BCUT2D eigenvalue weighted by molar-refractivity contribution is 5.93. The molecule has 0 aliphatic heterocycles. The standard InChI is InChI=1S/C13H15N3O2/c1-8-5-10(8)7-18-13(17)9-3-4-11-12(6-9)16(2)15-14-11/h3-4,6,8,10H,5,7H2,1-2H3/t8-,10+/m1/s1. The molecule has 2 aromatic rings. The third-order valence-corrected chi connectivity index (χ3v) is 3.55. The van der Waals surface area contributed by atoms with Gasteiger partial charge in [0.25, 0.3) is 0 Å². The molecule has 1 aromatic heterocycles. The van der Waals surface area contributed by atoms with Gasteiger partial charge in [-0.15, -0.1) is 5.10 Å². The zero-order chi connectivity index (χ0) is 12.7.